The molecule has 2 amide bonds. The molecule has 4 rings (SSSR count). The van der Waals surface area contributed by atoms with Crippen LogP contribution >= 0.6 is 0 Å². The molecular formula is C37H43N3O7S. The van der Waals surface area contributed by atoms with E-state index in [9.17, 15) is 18.0 Å². The van der Waals surface area contributed by atoms with E-state index in [2.05, 4.69) is 5.32 Å². The van der Waals surface area contributed by atoms with Crippen LogP contribution in [0.2, 0.25) is 0 Å². The highest BCUT2D eigenvalue weighted by Crippen LogP contribution is 2.36. The molecule has 0 unspecified atom stereocenters. The highest BCUT2D eigenvalue weighted by atomic mass is 32.2. The van der Waals surface area contributed by atoms with Gasteiger partial charge in [-0.3, -0.25) is 13.9 Å². The lowest BCUT2D eigenvalue weighted by molar-refractivity contribution is -0.140. The van der Waals surface area contributed by atoms with Crippen molar-refractivity contribution in [1.82, 2.24) is 10.2 Å². The molecule has 1 N–H and O–H groups in total. The molecule has 0 aliphatic carbocycles. The molecule has 0 bridgehead atoms. The number of anilines is 1. The molecule has 0 fully saturated rings. The lowest BCUT2D eigenvalue weighted by Crippen LogP contribution is -2.54. The van der Waals surface area contributed by atoms with Crippen molar-refractivity contribution < 1.29 is 32.2 Å². The fourth-order valence-electron chi connectivity index (χ4n) is 5.19. The summed E-state index contributed by atoms with van der Waals surface area (Å²) in [6.45, 7) is 3.24. The van der Waals surface area contributed by atoms with Crippen molar-refractivity contribution in [1.29, 1.82) is 0 Å². The highest BCUT2D eigenvalue weighted by Gasteiger charge is 2.36. The lowest BCUT2D eigenvalue weighted by Gasteiger charge is -2.34. The molecule has 0 saturated heterocycles. The van der Waals surface area contributed by atoms with Crippen LogP contribution in [0.1, 0.15) is 31.4 Å². The number of carbonyl (C=O) groups excluding carboxylic acids is 2. The molecule has 0 aliphatic heterocycles. The van der Waals surface area contributed by atoms with Crippen LogP contribution < -0.4 is 23.8 Å². The smallest absolute Gasteiger partial charge is 0.264 e. The minimum atomic E-state index is -4.32. The molecule has 10 nitrogen and oxygen atoms in total. The fraction of sp³-hybridized carbons (Fsp3) is 0.297. The van der Waals surface area contributed by atoms with Crippen molar-refractivity contribution in [3.63, 3.8) is 0 Å². The maximum absolute atomic E-state index is 14.7. The van der Waals surface area contributed by atoms with Crippen molar-refractivity contribution >= 4 is 27.5 Å². The van der Waals surface area contributed by atoms with Crippen molar-refractivity contribution in [3.05, 3.63) is 114 Å². The van der Waals surface area contributed by atoms with Crippen molar-refractivity contribution in [3.8, 4) is 17.2 Å². The van der Waals surface area contributed by atoms with E-state index < -0.39 is 28.5 Å². The zero-order chi connectivity index (χ0) is 34.7. The predicted molar refractivity (Wildman–Crippen MR) is 186 cm³/mol. The maximum Gasteiger partial charge on any atom is 0.264 e. The summed E-state index contributed by atoms with van der Waals surface area (Å²) in [7, 11) is 0.114. The zero-order valence-corrected chi connectivity index (χ0v) is 28.8. The first-order valence-corrected chi connectivity index (χ1v) is 17.1. The average Bonchev–Trinajstić information content (AvgIpc) is 3.12. The van der Waals surface area contributed by atoms with Gasteiger partial charge in [0.2, 0.25) is 11.8 Å². The van der Waals surface area contributed by atoms with Gasteiger partial charge < -0.3 is 24.4 Å². The van der Waals surface area contributed by atoms with E-state index in [1.165, 1.54) is 37.3 Å². The van der Waals surface area contributed by atoms with Crippen molar-refractivity contribution in [2.24, 2.45) is 0 Å². The molecule has 11 heteroatoms. The van der Waals surface area contributed by atoms with Crippen LogP contribution in [0.3, 0.4) is 0 Å². The van der Waals surface area contributed by atoms with Crippen LogP contribution in [0.15, 0.2) is 108 Å². The molecule has 254 valence electrons. The number of methoxy groups -OCH3 is 3. The molecule has 48 heavy (non-hydrogen) atoms. The second-order valence-electron chi connectivity index (χ2n) is 11.3. The van der Waals surface area contributed by atoms with Gasteiger partial charge in [0.25, 0.3) is 10.0 Å². The summed E-state index contributed by atoms with van der Waals surface area (Å²) in [6.07, 6.45) is 0.888. The average molecular weight is 674 g/mol. The van der Waals surface area contributed by atoms with Crippen LogP contribution in [0.25, 0.3) is 0 Å². The lowest BCUT2D eigenvalue weighted by atomic mass is 10.0. The van der Waals surface area contributed by atoms with Gasteiger partial charge in [-0.1, -0.05) is 67.6 Å². The number of hydrogen-bond donors (Lipinski definition) is 1. The Hall–Kier alpha value is -5.03. The number of sulfonamides is 1. The zero-order valence-electron chi connectivity index (χ0n) is 28.0. The molecule has 0 saturated carbocycles. The van der Waals surface area contributed by atoms with E-state index in [1.807, 2.05) is 50.2 Å². The molecule has 0 aromatic heterocycles. The van der Waals surface area contributed by atoms with Gasteiger partial charge in [-0.25, -0.2) is 8.42 Å². The second-order valence-corrected chi connectivity index (χ2v) is 13.1. The largest absolute Gasteiger partial charge is 0.497 e. The molecule has 2 atom stereocenters. The maximum atomic E-state index is 14.7. The number of ether oxygens (including phenoxy) is 3. The molecule has 4 aromatic rings. The van der Waals surface area contributed by atoms with Gasteiger partial charge in [0.05, 0.1) is 31.9 Å². The summed E-state index contributed by atoms with van der Waals surface area (Å²) in [5.41, 5.74) is 1.65. The third-order valence-corrected chi connectivity index (χ3v) is 9.80. The molecule has 0 heterocycles. The fourth-order valence-corrected chi connectivity index (χ4v) is 6.62. The Morgan fingerprint density at radius 2 is 1.40 bits per heavy atom. The topological polar surface area (TPSA) is 114 Å². The Morgan fingerprint density at radius 1 is 0.771 bits per heavy atom. The van der Waals surface area contributed by atoms with Crippen LogP contribution in [-0.4, -0.2) is 65.1 Å². The van der Waals surface area contributed by atoms with Gasteiger partial charge in [0.1, 0.15) is 29.8 Å². The van der Waals surface area contributed by atoms with E-state index in [0.29, 0.717) is 23.5 Å². The first-order chi connectivity index (χ1) is 23.1. The normalized spacial score (nSPS) is 12.4. The number of benzene rings is 4. The van der Waals surface area contributed by atoms with E-state index in [4.69, 9.17) is 14.2 Å². The number of rotatable bonds is 16. The molecule has 0 spiro atoms. The minimum absolute atomic E-state index is 0.00985. The second kappa shape index (κ2) is 16.7. The Balaban J connectivity index is 1.87. The first-order valence-electron chi connectivity index (χ1n) is 15.7. The minimum Gasteiger partial charge on any atom is -0.497 e. The van der Waals surface area contributed by atoms with E-state index in [0.717, 1.165) is 9.87 Å². The van der Waals surface area contributed by atoms with E-state index in [-0.39, 0.29) is 41.2 Å². The molecule has 0 aliphatic rings. The quantitative estimate of drug-likeness (QED) is 0.168. The third-order valence-electron chi connectivity index (χ3n) is 8.02. The van der Waals surface area contributed by atoms with E-state index in [1.54, 1.807) is 55.6 Å². The molecule has 0 radical (unpaired) electrons. The number of hydrogen-bond acceptors (Lipinski definition) is 7. The van der Waals surface area contributed by atoms with Crippen LogP contribution in [0.5, 0.6) is 17.2 Å². The van der Waals surface area contributed by atoms with Crippen molar-refractivity contribution in [2.45, 2.75) is 50.2 Å². The van der Waals surface area contributed by atoms with Crippen LogP contribution in [0.4, 0.5) is 5.69 Å². The van der Waals surface area contributed by atoms with Crippen molar-refractivity contribution in [2.75, 3.05) is 32.2 Å². The number of nitrogens with one attached hydrogen (secondary N) is 1. The Bertz CT molecular complexity index is 1770. The van der Waals surface area contributed by atoms with Gasteiger partial charge in [0, 0.05) is 25.1 Å². The molecule has 4 aromatic carbocycles. The van der Waals surface area contributed by atoms with Gasteiger partial charge in [-0.2, -0.15) is 0 Å². The SMILES string of the molecule is CC[C@@H](C)NC(=O)[C@@H](Cc1ccccc1)N(Cc1cccc(OC)c1)C(=O)CN(c1cc(OC)ccc1OC)S(=O)(=O)c1ccccc1. The Morgan fingerprint density at radius 3 is 2.02 bits per heavy atom. The van der Waals surface area contributed by atoms with Gasteiger partial charge in [-0.05, 0) is 60.9 Å². The standard InChI is InChI=1S/C37H43N3O7S/c1-6-27(2)38-37(42)34(23-28-14-9-7-10-15-28)39(25-29-16-13-17-30(22-29)45-3)36(41)26-40(48(43,44)32-18-11-8-12-19-32)33-24-31(46-4)20-21-35(33)47-5/h7-22,24,27,34H,6,23,25-26H2,1-5H3,(H,38,42)/t27-,34-/m1/s1. The van der Waals surface area contributed by atoms with Crippen LogP contribution in [0, 0.1) is 0 Å². The summed E-state index contributed by atoms with van der Waals surface area (Å²) in [5, 5.41) is 3.04. The summed E-state index contributed by atoms with van der Waals surface area (Å²) in [6, 6.07) is 28.1. The monoisotopic (exact) mass is 673 g/mol. The Kier molecular flexibility index (Phi) is 12.5. The predicted octanol–water partition coefficient (Wildman–Crippen LogP) is 5.46. The van der Waals surface area contributed by atoms with E-state index >= 15 is 0 Å². The summed E-state index contributed by atoms with van der Waals surface area (Å²) >= 11 is 0. The summed E-state index contributed by atoms with van der Waals surface area (Å²) in [4.78, 5) is 30.2. The third kappa shape index (κ3) is 8.86. The molecular weight excluding hydrogens is 630 g/mol. The highest BCUT2D eigenvalue weighted by molar-refractivity contribution is 7.92. The Labute approximate surface area is 283 Å². The van der Waals surface area contributed by atoms with Crippen LogP contribution in [-0.2, 0) is 32.6 Å². The number of nitrogens with zero attached hydrogens (tertiary/aromatic N) is 2. The number of amides is 2. The first kappa shape index (κ1) is 35.8. The van der Waals surface area contributed by atoms with Gasteiger partial charge in [0.15, 0.2) is 0 Å². The summed E-state index contributed by atoms with van der Waals surface area (Å²) < 4.78 is 46.1. The summed E-state index contributed by atoms with van der Waals surface area (Å²) in [5.74, 6) is 0.230. The van der Waals surface area contributed by atoms with Gasteiger partial charge in [-0.15, -0.1) is 0 Å². The number of carbonyl (C=O) groups is 2. The van der Waals surface area contributed by atoms with Gasteiger partial charge >= 0.3 is 0 Å².